The van der Waals surface area contributed by atoms with Gasteiger partial charge in [0, 0.05) is 22.3 Å². The molecule has 0 aromatic heterocycles. The van der Waals surface area contributed by atoms with Crippen LogP contribution in [-0.2, 0) is 44.5 Å². The van der Waals surface area contributed by atoms with Gasteiger partial charge in [-0.15, -0.1) is 39.5 Å². The number of ether oxygens (including phenoxy) is 4. The van der Waals surface area contributed by atoms with Crippen LogP contribution in [0.4, 0.5) is 0 Å². The molecule has 0 aliphatic heterocycles. The third-order valence-corrected chi connectivity index (χ3v) is 12.6. The lowest BCUT2D eigenvalue weighted by Crippen LogP contribution is -2.22. The van der Waals surface area contributed by atoms with Crippen molar-refractivity contribution in [3.05, 3.63) is 172 Å². The molecule has 0 aliphatic carbocycles. The van der Waals surface area contributed by atoms with Crippen molar-refractivity contribution in [1.29, 1.82) is 0 Å². The zero-order chi connectivity index (χ0) is 50.0. The van der Waals surface area contributed by atoms with Gasteiger partial charge in [-0.2, -0.15) is 0 Å². The van der Waals surface area contributed by atoms with Gasteiger partial charge in [-0.25, -0.2) is 19.2 Å². The Bertz CT molecular complexity index is 1570. The number of carbonyl (C=O) groups excluding carboxylic acids is 4. The maximum atomic E-state index is 10.8. The first-order valence-corrected chi connectivity index (χ1v) is 27.3. The summed E-state index contributed by atoms with van der Waals surface area (Å²) in [6, 6.07) is 8.80. The Morgan fingerprint density at radius 2 is 0.794 bits per heavy atom. The molecule has 0 aliphatic rings. The van der Waals surface area contributed by atoms with Crippen LogP contribution in [0, 0.1) is 0 Å². The smallest absolute Gasteiger partial charge is 0.335 e. The van der Waals surface area contributed by atoms with E-state index in [-0.39, 0.29) is 61.5 Å². The molecule has 0 saturated heterocycles. The molecule has 1 rings (SSSR count). The number of benzene rings is 1. The minimum atomic E-state index is -1.12. The van der Waals surface area contributed by atoms with Crippen LogP contribution in [0.25, 0.3) is 12.2 Å². The van der Waals surface area contributed by atoms with E-state index in [4.69, 9.17) is 0 Å². The van der Waals surface area contributed by atoms with Crippen molar-refractivity contribution in [2.75, 3.05) is 20.0 Å². The maximum absolute atomic E-state index is 10.8. The second-order valence-electron chi connectivity index (χ2n) is 15.4. The fourth-order valence-electron chi connectivity index (χ4n) is 3.61. The Kier molecular flexibility index (Phi) is 68.1. The third kappa shape index (κ3) is 58.4. The summed E-state index contributed by atoms with van der Waals surface area (Å²) in [6.07, 6.45) is 17.6. The van der Waals surface area contributed by atoms with Crippen molar-refractivity contribution >= 4 is 52.2 Å². The molecule has 0 bridgehead atoms. The number of unbranched alkanes of at least 4 members (excludes halogenated alkanes) is 3. The molecule has 0 N–H and O–H groups in total. The van der Waals surface area contributed by atoms with E-state index in [2.05, 4.69) is 149 Å². The van der Waals surface area contributed by atoms with E-state index in [1.54, 1.807) is 13.8 Å². The zero-order valence-electron chi connectivity index (χ0n) is 40.7. The average molecular weight is 984 g/mol. The Labute approximate surface area is 422 Å². The molecule has 0 radical (unpaired) electrons. The van der Waals surface area contributed by atoms with Crippen LogP contribution in [0.2, 0.25) is 38.3 Å². The first-order valence-electron chi connectivity index (χ1n) is 20.8. The first kappa shape index (κ1) is 85.7. The lowest BCUT2D eigenvalue weighted by atomic mass is 10.0. The van der Waals surface area contributed by atoms with E-state index in [0.717, 1.165) is 19.3 Å². The van der Waals surface area contributed by atoms with E-state index in [9.17, 15) is 19.2 Å². The Balaban J connectivity index is -0.0000000742. The van der Waals surface area contributed by atoms with Crippen molar-refractivity contribution in [2.24, 2.45) is 0 Å². The fourth-order valence-corrected chi connectivity index (χ4v) is 5.51. The quantitative estimate of drug-likeness (QED) is 0.0203. The average Bonchev–Trinajstić information content (AvgIpc) is 3.24. The van der Waals surface area contributed by atoms with Crippen LogP contribution < -0.4 is 0 Å². The summed E-state index contributed by atoms with van der Waals surface area (Å²) < 4.78 is 18.4. The summed E-state index contributed by atoms with van der Waals surface area (Å²) in [5, 5.41) is 0. The van der Waals surface area contributed by atoms with Crippen LogP contribution in [-0.4, -0.2) is 60.0 Å². The van der Waals surface area contributed by atoms with Crippen LogP contribution in [0.15, 0.2) is 155 Å². The lowest BCUT2D eigenvalue weighted by molar-refractivity contribution is -0.161. The second kappa shape index (κ2) is 54.0. The van der Waals surface area contributed by atoms with Crippen LogP contribution in [0.3, 0.4) is 0 Å². The van der Waals surface area contributed by atoms with E-state index in [1.165, 1.54) is 55.5 Å². The molecule has 8 nitrogen and oxygen atoms in total. The highest BCUT2D eigenvalue weighted by Gasteiger charge is 2.15. The summed E-state index contributed by atoms with van der Waals surface area (Å²) in [5.41, 5.74) is 8.85. The zero-order valence-corrected chi connectivity index (χ0v) is 42.7. The number of hydrogen-bond donors (Lipinski definition) is 0. The topological polar surface area (TPSA) is 105 Å². The minimum Gasteiger partial charge on any atom is -0.459 e. The summed E-state index contributed by atoms with van der Waals surface area (Å²) in [4.78, 5) is 43.2. The molecule has 0 unspecified atom stereocenters. The molecule has 0 spiro atoms. The van der Waals surface area contributed by atoms with Gasteiger partial charge in [0.25, 0.3) is 0 Å². The normalized spacial score (nSPS) is 8.72. The van der Waals surface area contributed by atoms with Crippen molar-refractivity contribution < 1.29 is 38.1 Å². The number of rotatable bonds is 23. The SMILES string of the molecule is C.C.C.C.C.C=C(C)C(=O)OCCOC(=O)C(=C)C.C=C(C)C(=O)OCOC(=O)C(=C)C.C=CCCCCC=C.C=CC[Si](C)(C)CC=C.C=C[Si](C)(C)C=C.C=Cc1cc(C=C)cc(CC)c1. The number of hydrogen-bond acceptors (Lipinski definition) is 8. The predicted molar refractivity (Wildman–Crippen MR) is 312 cm³/mol. The van der Waals surface area contributed by atoms with Gasteiger partial charge in [0.1, 0.15) is 13.2 Å². The van der Waals surface area contributed by atoms with Crippen LogP contribution in [0.1, 0.15) is 114 Å². The fraction of sp³-hybridized carbons (Fsp3) is 0.414. The van der Waals surface area contributed by atoms with Gasteiger partial charge in [-0.1, -0.05) is 170 Å². The van der Waals surface area contributed by atoms with Gasteiger partial charge in [0.15, 0.2) is 0 Å². The van der Waals surface area contributed by atoms with E-state index < -0.39 is 46.8 Å². The third-order valence-electron chi connectivity index (χ3n) is 7.75. The molecule has 0 amide bonds. The standard InChI is InChI=1S/C12H14.C10H14O4.C9H12O4.C8H16Si.C8H14.C6H12Si.5CH4/c1-4-10-7-11(5-2)9-12(6-3)8-10;1-7(2)9(11)13-5-6-14-10(12)8(3)4;1-6(2)8(10)12-5-13-9(11)7(3)4;1-5-7-9(3,4)8-6-2;1-3-5-7-8-6-4-2;1-5-7(3,4)6-2;;;;;/h4-5,7-9H,1-2,6H2,3H3;1,3,5-6H2,2,4H3;1,3,5H2,2,4H3;5-6H,1-2,7-8H2,3-4H3;3-4H,1-2,5-8H2;5-6H,1-2H2,3-4H3;5*1H4. The monoisotopic (exact) mass is 983 g/mol. The molecular formula is C58H102O8Si2. The number of aryl methyl sites for hydroxylation is 1. The number of esters is 4. The van der Waals surface area contributed by atoms with Gasteiger partial charge < -0.3 is 18.9 Å². The molecule has 1 aromatic rings. The Morgan fingerprint density at radius 1 is 0.500 bits per heavy atom. The number of allylic oxidation sites excluding steroid dienone is 4. The van der Waals surface area contributed by atoms with Crippen LogP contribution in [0.5, 0.6) is 0 Å². The molecule has 0 heterocycles. The van der Waals surface area contributed by atoms with E-state index in [0.29, 0.717) is 11.1 Å². The van der Waals surface area contributed by atoms with Crippen molar-refractivity contribution in [3.63, 3.8) is 0 Å². The molecule has 0 atom stereocenters. The predicted octanol–water partition coefficient (Wildman–Crippen LogP) is 17.3. The van der Waals surface area contributed by atoms with Gasteiger partial charge in [0.2, 0.25) is 6.79 Å². The van der Waals surface area contributed by atoms with E-state index in [1.807, 2.05) is 47.9 Å². The second-order valence-corrected chi connectivity index (χ2v) is 25.0. The van der Waals surface area contributed by atoms with E-state index >= 15 is 0 Å². The van der Waals surface area contributed by atoms with Gasteiger partial charge in [-0.05, 0) is 94.6 Å². The summed E-state index contributed by atoms with van der Waals surface area (Å²) in [5.74, 6) is -2.16. The molecule has 390 valence electrons. The molecule has 0 saturated carbocycles. The molecule has 10 heteroatoms. The highest BCUT2D eigenvalue weighted by atomic mass is 28.3. The minimum absolute atomic E-state index is 0. The summed E-state index contributed by atoms with van der Waals surface area (Å²) >= 11 is 0. The highest BCUT2D eigenvalue weighted by molar-refractivity contribution is 6.86. The molecule has 1 aromatic carbocycles. The molecule has 0 fully saturated rings. The van der Waals surface area contributed by atoms with Gasteiger partial charge >= 0.3 is 23.9 Å². The van der Waals surface area contributed by atoms with Gasteiger partial charge in [0.05, 0.1) is 16.1 Å². The Morgan fingerprint density at radius 3 is 1.00 bits per heavy atom. The van der Waals surface area contributed by atoms with Crippen molar-refractivity contribution in [2.45, 2.75) is 142 Å². The van der Waals surface area contributed by atoms with Gasteiger partial charge in [-0.3, -0.25) is 0 Å². The highest BCUT2D eigenvalue weighted by Crippen LogP contribution is 2.15. The largest absolute Gasteiger partial charge is 0.459 e. The summed E-state index contributed by atoms with van der Waals surface area (Å²) in [7, 11) is -2.06. The first-order chi connectivity index (χ1) is 29.3. The number of carbonyl (C=O) groups is 4. The Hall–Kier alpha value is -5.59. The van der Waals surface area contributed by atoms with Crippen molar-refractivity contribution in [3.8, 4) is 0 Å². The maximum Gasteiger partial charge on any atom is 0.335 e. The molecule has 68 heavy (non-hydrogen) atoms. The lowest BCUT2D eigenvalue weighted by Gasteiger charge is -2.16. The summed E-state index contributed by atoms with van der Waals surface area (Å²) in [6.45, 7) is 60.1. The molecular weight excluding hydrogens is 881 g/mol. The van der Waals surface area contributed by atoms with Crippen molar-refractivity contribution in [1.82, 2.24) is 0 Å². The van der Waals surface area contributed by atoms with Crippen LogP contribution >= 0.6 is 0 Å².